The third-order valence-corrected chi connectivity index (χ3v) is 9.18. The van der Waals surface area contributed by atoms with Crippen LogP contribution >= 0.6 is 11.6 Å². The van der Waals surface area contributed by atoms with Gasteiger partial charge in [0.2, 0.25) is 0 Å². The molecule has 0 aliphatic carbocycles. The van der Waals surface area contributed by atoms with E-state index in [1.54, 1.807) is 37.6 Å². The first-order valence-corrected chi connectivity index (χ1v) is 14.7. The molecule has 2 saturated heterocycles. The number of anilines is 1. The van der Waals surface area contributed by atoms with E-state index in [9.17, 15) is 9.90 Å². The summed E-state index contributed by atoms with van der Waals surface area (Å²) in [5.74, 6) is -0.513. The Kier molecular flexibility index (Phi) is 6.59. The SMILES string of the molecule is Cn1ccn(-c2ccc(-c3cc(F)cc(-c4cc(N5CCN6CCCCC6C5)c5cnn(C)c5c4)c3O)cc2Cl)c1=O. The van der Waals surface area contributed by atoms with Crippen molar-refractivity contribution in [2.45, 2.75) is 25.3 Å². The minimum Gasteiger partial charge on any atom is -0.507 e. The lowest BCUT2D eigenvalue weighted by molar-refractivity contribution is 0.133. The summed E-state index contributed by atoms with van der Waals surface area (Å²) in [4.78, 5) is 17.5. The number of phenolic OH excluding ortho intramolecular Hbond substituents is 1. The lowest BCUT2D eigenvalue weighted by Gasteiger charge is -2.45. The number of phenols is 1. The molecule has 42 heavy (non-hydrogen) atoms. The van der Waals surface area contributed by atoms with Gasteiger partial charge in [0.25, 0.3) is 0 Å². The fraction of sp³-hybridized carbons (Fsp3) is 0.312. The summed E-state index contributed by atoms with van der Waals surface area (Å²) in [6, 6.07) is 12.3. The molecule has 1 unspecified atom stereocenters. The normalized spacial score (nSPS) is 17.6. The lowest BCUT2D eigenvalue weighted by Crippen LogP contribution is -2.54. The van der Waals surface area contributed by atoms with E-state index < -0.39 is 5.82 Å². The molecule has 2 fully saturated rings. The average Bonchev–Trinajstić information content (AvgIpc) is 3.54. The predicted octanol–water partition coefficient (Wildman–Crippen LogP) is 5.57. The Morgan fingerprint density at radius 3 is 2.52 bits per heavy atom. The molecule has 5 aromatic rings. The highest BCUT2D eigenvalue weighted by Crippen LogP contribution is 2.43. The Hall–Kier alpha value is -4.08. The first-order chi connectivity index (χ1) is 20.3. The predicted molar refractivity (Wildman–Crippen MR) is 164 cm³/mol. The zero-order valence-corrected chi connectivity index (χ0v) is 24.4. The Morgan fingerprint density at radius 1 is 0.952 bits per heavy atom. The van der Waals surface area contributed by atoms with Crippen molar-refractivity contribution in [3.63, 3.8) is 0 Å². The molecule has 7 rings (SSSR count). The molecule has 1 N–H and O–H groups in total. The van der Waals surface area contributed by atoms with E-state index in [2.05, 4.69) is 21.0 Å². The first-order valence-electron chi connectivity index (χ1n) is 14.3. The number of hydrogen-bond donors (Lipinski definition) is 1. The number of rotatable bonds is 4. The maximum Gasteiger partial charge on any atom is 0.332 e. The van der Waals surface area contributed by atoms with Crippen molar-refractivity contribution in [3.05, 3.63) is 82.4 Å². The summed E-state index contributed by atoms with van der Waals surface area (Å²) in [6.07, 6.45) is 8.89. The van der Waals surface area contributed by atoms with Gasteiger partial charge in [0, 0.05) is 74.4 Å². The van der Waals surface area contributed by atoms with E-state index in [1.807, 2.05) is 24.0 Å². The molecule has 0 spiro atoms. The fourth-order valence-corrected chi connectivity index (χ4v) is 6.85. The highest BCUT2D eigenvalue weighted by molar-refractivity contribution is 6.32. The van der Waals surface area contributed by atoms with Gasteiger partial charge >= 0.3 is 5.69 Å². The molecule has 2 aromatic heterocycles. The Labute approximate surface area is 247 Å². The Bertz CT molecular complexity index is 1890. The summed E-state index contributed by atoms with van der Waals surface area (Å²) in [5, 5.41) is 17.5. The second-order valence-corrected chi connectivity index (χ2v) is 11.8. The van der Waals surface area contributed by atoms with Crippen LogP contribution in [0.15, 0.2) is 65.8 Å². The van der Waals surface area contributed by atoms with E-state index in [1.165, 1.54) is 40.5 Å². The highest BCUT2D eigenvalue weighted by atomic mass is 35.5. The molecule has 1 atom stereocenters. The van der Waals surface area contributed by atoms with Crippen molar-refractivity contribution in [2.75, 3.05) is 31.1 Å². The molecule has 0 radical (unpaired) electrons. The van der Waals surface area contributed by atoms with Gasteiger partial charge in [0.05, 0.1) is 22.4 Å². The molecule has 0 amide bonds. The van der Waals surface area contributed by atoms with Crippen LogP contribution in [0.5, 0.6) is 5.75 Å². The number of nitrogens with zero attached hydrogens (tertiary/aromatic N) is 6. The number of imidazole rings is 1. The summed E-state index contributed by atoms with van der Waals surface area (Å²) in [7, 11) is 3.56. The number of benzene rings is 3. The molecule has 3 aromatic carbocycles. The van der Waals surface area contributed by atoms with Crippen LogP contribution in [0, 0.1) is 5.82 Å². The van der Waals surface area contributed by atoms with Crippen LogP contribution in [0.3, 0.4) is 0 Å². The van der Waals surface area contributed by atoms with Gasteiger partial charge in [-0.3, -0.25) is 14.1 Å². The molecule has 4 heterocycles. The standard InChI is InChI=1S/C32H32ClFN6O2/c1-36-9-12-40(32(36)42)28-7-6-20(13-27(28)33)24-16-22(34)17-25(31(24)41)21-14-29-26(18-35-37(29)2)30(15-21)39-11-10-38-8-4-3-5-23(38)19-39/h6-7,9,12-18,23,41H,3-5,8,10-11,19H2,1-2H3. The van der Waals surface area contributed by atoms with Crippen molar-refractivity contribution < 1.29 is 9.50 Å². The monoisotopic (exact) mass is 586 g/mol. The number of piperidine rings is 1. The average molecular weight is 587 g/mol. The molecule has 216 valence electrons. The van der Waals surface area contributed by atoms with E-state index in [4.69, 9.17) is 11.6 Å². The van der Waals surface area contributed by atoms with Crippen LogP contribution in [0.25, 0.3) is 38.8 Å². The maximum atomic E-state index is 15.2. The van der Waals surface area contributed by atoms with Crippen molar-refractivity contribution in [1.82, 2.24) is 23.8 Å². The number of aromatic nitrogens is 4. The smallest absolute Gasteiger partial charge is 0.332 e. The van der Waals surface area contributed by atoms with Crippen molar-refractivity contribution in [3.8, 4) is 33.7 Å². The number of halogens is 2. The van der Waals surface area contributed by atoms with Crippen LogP contribution in [0.1, 0.15) is 19.3 Å². The van der Waals surface area contributed by atoms with Crippen LogP contribution in [-0.4, -0.2) is 61.1 Å². The van der Waals surface area contributed by atoms with E-state index in [0.29, 0.717) is 39.0 Å². The molecule has 2 aliphatic heterocycles. The fourth-order valence-electron chi connectivity index (χ4n) is 6.58. The quantitative estimate of drug-likeness (QED) is 0.298. The molecule has 2 aliphatic rings. The van der Waals surface area contributed by atoms with Gasteiger partial charge < -0.3 is 14.6 Å². The van der Waals surface area contributed by atoms with Crippen LogP contribution < -0.4 is 10.6 Å². The second-order valence-electron chi connectivity index (χ2n) is 11.4. The zero-order chi connectivity index (χ0) is 29.1. The largest absolute Gasteiger partial charge is 0.507 e. The third-order valence-electron chi connectivity index (χ3n) is 8.87. The highest BCUT2D eigenvalue weighted by Gasteiger charge is 2.30. The molecule has 0 saturated carbocycles. The second kappa shape index (κ2) is 10.3. The van der Waals surface area contributed by atoms with Gasteiger partial charge in [-0.05, 0) is 66.9 Å². The number of aryl methyl sites for hydroxylation is 2. The van der Waals surface area contributed by atoms with Crippen molar-refractivity contribution >= 4 is 28.2 Å². The lowest BCUT2D eigenvalue weighted by atomic mass is 9.95. The van der Waals surface area contributed by atoms with Crippen LogP contribution in [-0.2, 0) is 14.1 Å². The number of hydrogen-bond acceptors (Lipinski definition) is 5. The topological polar surface area (TPSA) is 71.5 Å². The maximum absolute atomic E-state index is 15.2. The van der Waals surface area contributed by atoms with Gasteiger partial charge in [-0.25, -0.2) is 9.18 Å². The van der Waals surface area contributed by atoms with Gasteiger partial charge in [0.1, 0.15) is 11.6 Å². The van der Waals surface area contributed by atoms with E-state index in [0.717, 1.165) is 42.8 Å². The van der Waals surface area contributed by atoms with Crippen LogP contribution in [0.4, 0.5) is 10.1 Å². The zero-order valence-electron chi connectivity index (χ0n) is 23.6. The van der Waals surface area contributed by atoms with E-state index in [-0.39, 0.29) is 11.4 Å². The first kappa shape index (κ1) is 26.8. The Balaban J connectivity index is 1.31. The summed E-state index contributed by atoms with van der Waals surface area (Å²) >= 11 is 6.61. The van der Waals surface area contributed by atoms with Gasteiger partial charge in [-0.15, -0.1) is 0 Å². The summed E-state index contributed by atoms with van der Waals surface area (Å²) in [5.41, 5.74) is 4.21. The summed E-state index contributed by atoms with van der Waals surface area (Å²) < 4.78 is 19.9. The van der Waals surface area contributed by atoms with Gasteiger partial charge in [-0.1, -0.05) is 24.1 Å². The number of fused-ring (bicyclic) bond motifs is 2. The van der Waals surface area contributed by atoms with Crippen molar-refractivity contribution in [2.24, 2.45) is 14.1 Å². The molecule has 8 nitrogen and oxygen atoms in total. The minimum absolute atomic E-state index is 0.0401. The van der Waals surface area contributed by atoms with Crippen molar-refractivity contribution in [1.29, 1.82) is 0 Å². The molecule has 10 heteroatoms. The van der Waals surface area contributed by atoms with Gasteiger partial charge in [-0.2, -0.15) is 5.10 Å². The number of piperazine rings is 1. The third kappa shape index (κ3) is 4.48. The Morgan fingerprint density at radius 2 is 1.76 bits per heavy atom. The molecular formula is C32H32ClFN6O2. The molecule has 0 bridgehead atoms. The minimum atomic E-state index is -0.472. The number of aromatic hydroxyl groups is 1. The van der Waals surface area contributed by atoms with E-state index >= 15 is 4.39 Å². The van der Waals surface area contributed by atoms with Crippen LogP contribution in [0.2, 0.25) is 5.02 Å². The van der Waals surface area contributed by atoms with Gasteiger partial charge in [0.15, 0.2) is 0 Å². The summed E-state index contributed by atoms with van der Waals surface area (Å²) in [6.45, 7) is 4.01. The molecular weight excluding hydrogens is 555 g/mol.